The molecule has 2 rings (SSSR count). The van der Waals surface area contributed by atoms with Gasteiger partial charge in [0.05, 0.1) is 12.2 Å². The second kappa shape index (κ2) is 6.73. The fourth-order valence-electron chi connectivity index (χ4n) is 1.96. The molecule has 19 heavy (non-hydrogen) atoms. The van der Waals surface area contributed by atoms with E-state index in [9.17, 15) is 0 Å². The van der Waals surface area contributed by atoms with Crippen LogP contribution in [0.3, 0.4) is 0 Å². The Morgan fingerprint density at radius 2 is 2.21 bits per heavy atom. The van der Waals surface area contributed by atoms with Crippen LogP contribution in [-0.2, 0) is 11.3 Å². The molecule has 0 saturated heterocycles. The number of aromatic nitrogens is 2. The van der Waals surface area contributed by atoms with Crippen LogP contribution in [0.25, 0.3) is 0 Å². The van der Waals surface area contributed by atoms with Crippen LogP contribution in [0.4, 0.5) is 5.95 Å². The van der Waals surface area contributed by atoms with Crippen LogP contribution in [0.5, 0.6) is 0 Å². The fraction of sp³-hybridized carbons (Fsp3) is 0.500. The van der Waals surface area contributed by atoms with Crippen LogP contribution >= 0.6 is 11.3 Å². The summed E-state index contributed by atoms with van der Waals surface area (Å²) >= 11 is 1.84. The first-order valence-electron chi connectivity index (χ1n) is 6.51. The highest BCUT2D eigenvalue weighted by atomic mass is 32.1. The smallest absolute Gasteiger partial charge is 0.203 e. The summed E-state index contributed by atoms with van der Waals surface area (Å²) in [7, 11) is 1.73. The largest absolute Gasteiger partial charge is 0.385 e. The molecule has 0 aromatic carbocycles. The van der Waals surface area contributed by atoms with Crippen molar-refractivity contribution in [2.24, 2.45) is 0 Å². The average Bonchev–Trinajstić information content (AvgIpc) is 2.92. The average molecular weight is 279 g/mol. The molecule has 0 aliphatic heterocycles. The third-order valence-corrected chi connectivity index (χ3v) is 3.81. The Balaban J connectivity index is 1.99. The van der Waals surface area contributed by atoms with Gasteiger partial charge in [-0.25, -0.2) is 4.98 Å². The molecule has 0 atom stereocenters. The predicted octanol–water partition coefficient (Wildman–Crippen LogP) is 3.06. The van der Waals surface area contributed by atoms with E-state index >= 15 is 0 Å². The van der Waals surface area contributed by atoms with Crippen molar-refractivity contribution in [3.8, 4) is 0 Å². The van der Waals surface area contributed by atoms with Crippen molar-refractivity contribution in [3.05, 3.63) is 33.8 Å². The molecule has 4 nitrogen and oxygen atoms in total. The van der Waals surface area contributed by atoms with E-state index in [0.29, 0.717) is 0 Å². The molecule has 0 aliphatic rings. The Hall–Kier alpha value is -1.33. The molecule has 0 bridgehead atoms. The summed E-state index contributed by atoms with van der Waals surface area (Å²) in [5.74, 6) is 0.944. The molecule has 2 aromatic rings. The number of aryl methyl sites for hydroxylation is 2. The highest BCUT2D eigenvalue weighted by molar-refractivity contribution is 7.11. The third kappa shape index (κ3) is 4.08. The summed E-state index contributed by atoms with van der Waals surface area (Å²) < 4.78 is 7.22. The summed E-state index contributed by atoms with van der Waals surface area (Å²) in [6, 6.07) is 4.35. The minimum Gasteiger partial charge on any atom is -0.385 e. The quantitative estimate of drug-likeness (QED) is 0.792. The zero-order valence-electron chi connectivity index (χ0n) is 11.8. The zero-order valence-corrected chi connectivity index (χ0v) is 12.6. The number of imidazole rings is 1. The zero-order chi connectivity index (χ0) is 13.7. The van der Waals surface area contributed by atoms with Crippen LogP contribution in [0.2, 0.25) is 0 Å². The van der Waals surface area contributed by atoms with Crippen LogP contribution in [-0.4, -0.2) is 29.8 Å². The number of hydrogen-bond acceptors (Lipinski definition) is 4. The first kappa shape index (κ1) is 14.1. The highest BCUT2D eigenvalue weighted by Crippen LogP contribution is 2.19. The fourth-order valence-corrected chi connectivity index (χ4v) is 2.85. The van der Waals surface area contributed by atoms with Gasteiger partial charge in [-0.05, 0) is 32.4 Å². The predicted molar refractivity (Wildman–Crippen MR) is 80.1 cm³/mol. The summed E-state index contributed by atoms with van der Waals surface area (Å²) in [5, 5.41) is 3.37. The van der Waals surface area contributed by atoms with E-state index < -0.39 is 0 Å². The number of thiophene rings is 1. The Morgan fingerprint density at radius 1 is 1.37 bits per heavy atom. The molecular formula is C14H21N3OS. The van der Waals surface area contributed by atoms with Crippen molar-refractivity contribution in [1.82, 2.24) is 9.55 Å². The first-order valence-corrected chi connectivity index (χ1v) is 7.32. The van der Waals surface area contributed by atoms with Gasteiger partial charge in [-0.2, -0.15) is 0 Å². The maximum Gasteiger partial charge on any atom is 0.203 e. The van der Waals surface area contributed by atoms with E-state index in [0.717, 1.165) is 37.8 Å². The molecule has 0 aliphatic carbocycles. The summed E-state index contributed by atoms with van der Waals surface area (Å²) in [5.41, 5.74) is 1.04. The van der Waals surface area contributed by atoms with Crippen molar-refractivity contribution in [2.75, 3.05) is 25.6 Å². The van der Waals surface area contributed by atoms with Gasteiger partial charge in [0.25, 0.3) is 0 Å². The Morgan fingerprint density at radius 3 is 2.89 bits per heavy atom. The van der Waals surface area contributed by atoms with Crippen molar-refractivity contribution in [1.29, 1.82) is 0 Å². The van der Waals surface area contributed by atoms with Crippen LogP contribution in [0.15, 0.2) is 18.3 Å². The second-order valence-corrected chi connectivity index (χ2v) is 5.99. The number of nitrogens with one attached hydrogen (secondary N) is 1. The lowest BCUT2D eigenvalue weighted by Gasteiger charge is -2.08. The van der Waals surface area contributed by atoms with Gasteiger partial charge in [-0.3, -0.25) is 0 Å². The van der Waals surface area contributed by atoms with Gasteiger partial charge < -0.3 is 14.6 Å². The highest BCUT2D eigenvalue weighted by Gasteiger charge is 2.06. The molecule has 0 unspecified atom stereocenters. The van der Waals surface area contributed by atoms with Gasteiger partial charge in [-0.1, -0.05) is 0 Å². The molecule has 0 fully saturated rings. The lowest BCUT2D eigenvalue weighted by Crippen LogP contribution is -2.10. The molecule has 104 valence electrons. The first-order chi connectivity index (χ1) is 9.19. The van der Waals surface area contributed by atoms with E-state index in [1.165, 1.54) is 9.75 Å². The summed E-state index contributed by atoms with van der Waals surface area (Å²) in [6.07, 6.45) is 3.08. The molecule has 1 N–H and O–H groups in total. The SMILES string of the molecule is COCCCNc1nc(C)cn1Cc1ccc(C)s1. The number of methoxy groups -OCH3 is 1. The van der Waals surface area contributed by atoms with Crippen LogP contribution in [0, 0.1) is 13.8 Å². The van der Waals surface area contributed by atoms with Crippen LogP contribution < -0.4 is 5.32 Å². The molecule has 0 spiro atoms. The van der Waals surface area contributed by atoms with Gasteiger partial charge in [0.2, 0.25) is 5.95 Å². The minimum atomic E-state index is 0.775. The molecule has 0 amide bonds. The maximum atomic E-state index is 5.05. The van der Waals surface area contributed by atoms with Gasteiger partial charge in [-0.15, -0.1) is 11.3 Å². The summed E-state index contributed by atoms with van der Waals surface area (Å²) in [4.78, 5) is 7.23. The molecule has 2 aromatic heterocycles. The number of nitrogens with zero attached hydrogens (tertiary/aromatic N) is 2. The Bertz CT molecular complexity index is 518. The number of hydrogen-bond donors (Lipinski definition) is 1. The summed E-state index contributed by atoms with van der Waals surface area (Å²) in [6.45, 7) is 6.70. The molecule has 5 heteroatoms. The second-order valence-electron chi connectivity index (χ2n) is 4.62. The normalized spacial score (nSPS) is 10.9. The number of anilines is 1. The van der Waals surface area contributed by atoms with Crippen molar-refractivity contribution in [2.45, 2.75) is 26.8 Å². The number of rotatable bonds is 7. The van der Waals surface area contributed by atoms with Crippen molar-refractivity contribution < 1.29 is 4.74 Å². The van der Waals surface area contributed by atoms with Gasteiger partial charge in [0.15, 0.2) is 0 Å². The minimum absolute atomic E-state index is 0.775. The van der Waals surface area contributed by atoms with Crippen LogP contribution in [0.1, 0.15) is 21.9 Å². The number of ether oxygens (including phenoxy) is 1. The topological polar surface area (TPSA) is 39.1 Å². The van der Waals surface area contributed by atoms with E-state index in [4.69, 9.17) is 4.74 Å². The lowest BCUT2D eigenvalue weighted by molar-refractivity contribution is 0.197. The lowest BCUT2D eigenvalue weighted by atomic mass is 10.4. The van der Waals surface area contributed by atoms with Crippen molar-refractivity contribution >= 4 is 17.3 Å². The van der Waals surface area contributed by atoms with Gasteiger partial charge in [0.1, 0.15) is 0 Å². The molecular weight excluding hydrogens is 258 g/mol. The van der Waals surface area contributed by atoms with Gasteiger partial charge in [0, 0.05) is 36.2 Å². The Kier molecular flexibility index (Phi) is 4.99. The van der Waals surface area contributed by atoms with E-state index in [2.05, 4.69) is 40.1 Å². The van der Waals surface area contributed by atoms with E-state index in [-0.39, 0.29) is 0 Å². The third-order valence-electron chi connectivity index (χ3n) is 2.83. The van der Waals surface area contributed by atoms with Gasteiger partial charge >= 0.3 is 0 Å². The van der Waals surface area contributed by atoms with E-state index in [1.54, 1.807) is 7.11 Å². The Labute approximate surface area is 118 Å². The molecule has 0 radical (unpaired) electrons. The van der Waals surface area contributed by atoms with E-state index in [1.807, 2.05) is 18.3 Å². The maximum absolute atomic E-state index is 5.05. The van der Waals surface area contributed by atoms with Crippen molar-refractivity contribution in [3.63, 3.8) is 0 Å². The molecule has 2 heterocycles. The monoisotopic (exact) mass is 279 g/mol. The standard InChI is InChI=1S/C14H21N3OS/c1-11-9-17(10-13-6-5-12(2)19-13)14(16-11)15-7-4-8-18-3/h5-6,9H,4,7-8,10H2,1-3H3,(H,15,16). The molecule has 0 saturated carbocycles.